The number of allylic oxidation sites excluding steroid dienone is 4. The number of hydrogen-bond donors (Lipinski definition) is 0. The molecule has 4 bridgehead atoms. The van der Waals surface area contributed by atoms with Crippen molar-refractivity contribution in [3.63, 3.8) is 0 Å². The first-order valence-electron chi connectivity index (χ1n) is 7.90. The normalized spacial score (nSPS) is 41.7. The van der Waals surface area contributed by atoms with Gasteiger partial charge in [0.05, 0.1) is 11.8 Å². The molecule has 4 nitrogen and oxygen atoms in total. The predicted octanol–water partition coefficient (Wildman–Crippen LogP) is 2.45. The minimum absolute atomic E-state index is 0.0378. The second-order valence-corrected chi connectivity index (χ2v) is 6.82. The zero-order chi connectivity index (χ0) is 14.4. The van der Waals surface area contributed by atoms with E-state index in [1.807, 2.05) is 0 Å². The molecule has 4 aliphatic carbocycles. The molecule has 112 valence electrons. The van der Waals surface area contributed by atoms with Crippen LogP contribution in [-0.4, -0.2) is 18.7 Å². The molecule has 0 N–H and O–H groups in total. The van der Waals surface area contributed by atoms with Crippen molar-refractivity contribution in [1.29, 1.82) is 0 Å². The zero-order valence-electron chi connectivity index (χ0n) is 11.9. The quantitative estimate of drug-likeness (QED) is 0.453. The second-order valence-electron chi connectivity index (χ2n) is 6.82. The SMILES string of the molecule is O=C(OCOC(=O)C1CC2C=CC1C2)C1CC2C=CC1C2. The molecular formula is C17H20O4. The molecule has 0 amide bonds. The van der Waals surface area contributed by atoms with Gasteiger partial charge in [-0.25, -0.2) is 0 Å². The molecule has 0 heterocycles. The molecule has 6 atom stereocenters. The third-order valence-corrected chi connectivity index (χ3v) is 5.57. The molecule has 4 aliphatic rings. The van der Waals surface area contributed by atoms with E-state index in [0.717, 1.165) is 25.7 Å². The Morgan fingerprint density at radius 1 is 0.762 bits per heavy atom. The van der Waals surface area contributed by atoms with E-state index < -0.39 is 0 Å². The first-order valence-corrected chi connectivity index (χ1v) is 7.90. The van der Waals surface area contributed by atoms with Crippen LogP contribution in [0.3, 0.4) is 0 Å². The Hall–Kier alpha value is -1.58. The molecule has 6 unspecified atom stereocenters. The van der Waals surface area contributed by atoms with Crippen LogP contribution in [-0.2, 0) is 19.1 Å². The Morgan fingerprint density at radius 3 is 1.57 bits per heavy atom. The third-order valence-electron chi connectivity index (χ3n) is 5.57. The molecule has 0 aromatic heterocycles. The molecule has 0 aromatic rings. The Balaban J connectivity index is 1.23. The van der Waals surface area contributed by atoms with Crippen LogP contribution in [0.25, 0.3) is 0 Å². The Kier molecular flexibility index (Phi) is 3.12. The van der Waals surface area contributed by atoms with Crippen molar-refractivity contribution in [2.24, 2.45) is 35.5 Å². The summed E-state index contributed by atoms with van der Waals surface area (Å²) in [6.07, 6.45) is 12.5. The first-order chi connectivity index (χ1) is 10.2. The summed E-state index contributed by atoms with van der Waals surface area (Å²) in [5, 5.41) is 0. The highest BCUT2D eigenvalue weighted by molar-refractivity contribution is 5.75. The van der Waals surface area contributed by atoms with Crippen molar-refractivity contribution < 1.29 is 19.1 Å². The summed E-state index contributed by atoms with van der Waals surface area (Å²) in [5.74, 6) is 1.22. The summed E-state index contributed by atoms with van der Waals surface area (Å²) < 4.78 is 10.3. The number of fused-ring (bicyclic) bond motifs is 4. The van der Waals surface area contributed by atoms with Gasteiger partial charge < -0.3 is 9.47 Å². The van der Waals surface area contributed by atoms with Gasteiger partial charge >= 0.3 is 11.9 Å². The lowest BCUT2D eigenvalue weighted by Crippen LogP contribution is -2.26. The minimum Gasteiger partial charge on any atom is -0.428 e. The summed E-state index contributed by atoms with van der Waals surface area (Å²) in [7, 11) is 0. The average Bonchev–Trinajstić information content (AvgIpc) is 3.25. The van der Waals surface area contributed by atoms with Crippen molar-refractivity contribution in [3.8, 4) is 0 Å². The van der Waals surface area contributed by atoms with E-state index >= 15 is 0 Å². The fraction of sp³-hybridized carbons (Fsp3) is 0.647. The highest BCUT2D eigenvalue weighted by atomic mass is 16.7. The van der Waals surface area contributed by atoms with Crippen molar-refractivity contribution in [3.05, 3.63) is 24.3 Å². The van der Waals surface area contributed by atoms with Crippen molar-refractivity contribution in [1.82, 2.24) is 0 Å². The Bertz CT molecular complexity index is 475. The molecule has 2 saturated carbocycles. The molecule has 21 heavy (non-hydrogen) atoms. The highest BCUT2D eigenvalue weighted by Gasteiger charge is 2.42. The minimum atomic E-state index is -0.229. The van der Waals surface area contributed by atoms with Gasteiger partial charge in [-0.15, -0.1) is 0 Å². The van der Waals surface area contributed by atoms with E-state index in [1.54, 1.807) is 0 Å². The van der Waals surface area contributed by atoms with E-state index in [0.29, 0.717) is 23.7 Å². The van der Waals surface area contributed by atoms with E-state index in [2.05, 4.69) is 24.3 Å². The summed E-state index contributed by atoms with van der Waals surface area (Å²) in [6.45, 7) is -0.229. The van der Waals surface area contributed by atoms with Gasteiger partial charge in [-0.05, 0) is 49.4 Å². The average molecular weight is 288 g/mol. The van der Waals surface area contributed by atoms with Gasteiger partial charge in [-0.3, -0.25) is 9.59 Å². The van der Waals surface area contributed by atoms with Gasteiger partial charge in [-0.2, -0.15) is 0 Å². The highest BCUT2D eigenvalue weighted by Crippen LogP contribution is 2.45. The molecule has 0 spiro atoms. The largest absolute Gasteiger partial charge is 0.428 e. The van der Waals surface area contributed by atoms with Gasteiger partial charge in [0.2, 0.25) is 6.79 Å². The van der Waals surface area contributed by atoms with Crippen molar-refractivity contribution in [2.45, 2.75) is 25.7 Å². The van der Waals surface area contributed by atoms with Gasteiger partial charge in [0.15, 0.2) is 0 Å². The fourth-order valence-corrected chi connectivity index (χ4v) is 4.46. The standard InChI is InChI=1S/C17H20O4/c18-16(14-7-10-1-3-12(14)5-10)20-9-21-17(19)15-8-11-2-4-13(15)6-11/h1-4,10-15H,5-9H2. The molecule has 0 saturated heterocycles. The van der Waals surface area contributed by atoms with E-state index in [4.69, 9.17) is 9.47 Å². The lowest BCUT2D eigenvalue weighted by atomic mass is 9.94. The Labute approximate surface area is 124 Å². The lowest BCUT2D eigenvalue weighted by molar-refractivity contribution is -0.173. The Morgan fingerprint density at radius 2 is 1.24 bits per heavy atom. The number of hydrogen-bond acceptors (Lipinski definition) is 4. The number of rotatable bonds is 4. The van der Waals surface area contributed by atoms with Gasteiger partial charge in [0, 0.05) is 0 Å². The van der Waals surface area contributed by atoms with Crippen LogP contribution in [0.1, 0.15) is 25.7 Å². The number of carbonyl (C=O) groups excluding carboxylic acids is 2. The molecule has 4 rings (SSSR count). The smallest absolute Gasteiger partial charge is 0.312 e. The van der Waals surface area contributed by atoms with Crippen LogP contribution in [0.15, 0.2) is 24.3 Å². The van der Waals surface area contributed by atoms with Crippen LogP contribution in [0.5, 0.6) is 0 Å². The molecule has 0 radical (unpaired) electrons. The van der Waals surface area contributed by atoms with Crippen LogP contribution in [0.4, 0.5) is 0 Å². The lowest BCUT2D eigenvalue weighted by Gasteiger charge is -2.18. The maximum Gasteiger partial charge on any atom is 0.312 e. The summed E-state index contributed by atoms with van der Waals surface area (Å²) >= 11 is 0. The van der Waals surface area contributed by atoms with E-state index in [1.165, 1.54) is 0 Å². The van der Waals surface area contributed by atoms with Gasteiger partial charge in [0.1, 0.15) is 0 Å². The van der Waals surface area contributed by atoms with Crippen molar-refractivity contribution >= 4 is 11.9 Å². The fourth-order valence-electron chi connectivity index (χ4n) is 4.46. The van der Waals surface area contributed by atoms with Crippen LogP contribution < -0.4 is 0 Å². The van der Waals surface area contributed by atoms with E-state index in [9.17, 15) is 9.59 Å². The number of carbonyl (C=O) groups is 2. The van der Waals surface area contributed by atoms with Crippen molar-refractivity contribution in [2.75, 3.05) is 6.79 Å². The van der Waals surface area contributed by atoms with Gasteiger partial charge in [-0.1, -0.05) is 24.3 Å². The number of esters is 2. The summed E-state index contributed by atoms with van der Waals surface area (Å²) in [6, 6.07) is 0. The summed E-state index contributed by atoms with van der Waals surface area (Å²) in [4.78, 5) is 24.0. The monoisotopic (exact) mass is 288 g/mol. The van der Waals surface area contributed by atoms with Crippen LogP contribution in [0, 0.1) is 35.5 Å². The zero-order valence-corrected chi connectivity index (χ0v) is 11.9. The third kappa shape index (κ3) is 2.30. The maximum absolute atomic E-state index is 12.0. The van der Waals surface area contributed by atoms with Crippen LogP contribution in [0.2, 0.25) is 0 Å². The summed E-state index contributed by atoms with van der Waals surface area (Å²) in [5.41, 5.74) is 0. The molecular weight excluding hydrogens is 268 g/mol. The molecule has 0 aliphatic heterocycles. The number of ether oxygens (including phenoxy) is 2. The maximum atomic E-state index is 12.0. The molecule has 2 fully saturated rings. The first kappa shape index (κ1) is 13.1. The topological polar surface area (TPSA) is 52.6 Å². The second kappa shape index (κ2) is 5.00. The van der Waals surface area contributed by atoms with Gasteiger partial charge in [0.25, 0.3) is 0 Å². The molecule has 0 aromatic carbocycles. The molecule has 4 heteroatoms. The van der Waals surface area contributed by atoms with E-state index in [-0.39, 0.29) is 30.6 Å². The predicted molar refractivity (Wildman–Crippen MR) is 74.7 cm³/mol. The van der Waals surface area contributed by atoms with Crippen LogP contribution >= 0.6 is 0 Å².